The monoisotopic (exact) mass is 410 g/mol. The Morgan fingerprint density at radius 3 is 2.32 bits per heavy atom. The van der Waals surface area contributed by atoms with Gasteiger partial charge in [0.1, 0.15) is 0 Å². The summed E-state index contributed by atoms with van der Waals surface area (Å²) in [5, 5.41) is 10.2. The number of hydrogen-bond acceptors (Lipinski definition) is 4. The van der Waals surface area contributed by atoms with Crippen LogP contribution in [0.1, 0.15) is 78.2 Å². The lowest BCUT2D eigenvalue weighted by Gasteiger charge is -2.30. The van der Waals surface area contributed by atoms with Gasteiger partial charge in [-0.2, -0.15) is 0 Å². The third-order valence-electron chi connectivity index (χ3n) is 5.97. The fraction of sp³-hybridized carbons (Fsp3) is 0.739. The van der Waals surface area contributed by atoms with Crippen molar-refractivity contribution in [2.24, 2.45) is 11.8 Å². The molecule has 1 N–H and O–H groups in total. The molecule has 28 heavy (non-hydrogen) atoms. The first-order valence-corrected chi connectivity index (χ1v) is 12.4. The summed E-state index contributed by atoms with van der Waals surface area (Å²) in [6.07, 6.45) is 8.32. The lowest BCUT2D eigenvalue weighted by Crippen LogP contribution is -2.34. The Labute approximate surface area is 171 Å². The normalized spacial score (nSPS) is 20.9. The van der Waals surface area contributed by atoms with Crippen LogP contribution in [0.25, 0.3) is 0 Å². The number of phenols is 1. The Kier molecular flexibility index (Phi) is 8.23. The van der Waals surface area contributed by atoms with Gasteiger partial charge < -0.3 is 9.84 Å². The first-order valence-electron chi connectivity index (χ1n) is 10.8. The molecule has 0 aromatic heterocycles. The molecule has 5 heteroatoms. The summed E-state index contributed by atoms with van der Waals surface area (Å²) >= 11 is 0. The molecule has 1 aromatic rings. The molecule has 0 saturated heterocycles. The minimum atomic E-state index is -3.03. The largest absolute Gasteiger partial charge is 0.504 e. The summed E-state index contributed by atoms with van der Waals surface area (Å²) in [5.74, 6) is 2.08. The predicted molar refractivity (Wildman–Crippen MR) is 116 cm³/mol. The summed E-state index contributed by atoms with van der Waals surface area (Å²) in [7, 11) is -3.03. The highest BCUT2D eigenvalue weighted by Gasteiger charge is 2.33. The first kappa shape index (κ1) is 23.1. The summed E-state index contributed by atoms with van der Waals surface area (Å²) in [5.41, 5.74) is 1.14. The van der Waals surface area contributed by atoms with Crippen molar-refractivity contribution < 1.29 is 18.3 Å². The third kappa shape index (κ3) is 6.68. The Hall–Kier alpha value is -1.23. The molecule has 0 radical (unpaired) electrons. The van der Waals surface area contributed by atoms with Gasteiger partial charge in [0.2, 0.25) is 0 Å². The van der Waals surface area contributed by atoms with Crippen LogP contribution in [0, 0.1) is 11.8 Å². The van der Waals surface area contributed by atoms with E-state index in [2.05, 4.69) is 6.92 Å². The maximum atomic E-state index is 12.4. The molecule has 160 valence electrons. The van der Waals surface area contributed by atoms with Gasteiger partial charge in [0, 0.05) is 0 Å². The minimum absolute atomic E-state index is 0.227. The average Bonchev–Trinajstić information content (AvgIpc) is 2.62. The zero-order chi connectivity index (χ0) is 20.8. The maximum Gasteiger partial charge on any atom is 0.160 e. The number of hydrogen-bond donors (Lipinski definition) is 1. The van der Waals surface area contributed by atoms with Crippen molar-refractivity contribution in [1.82, 2.24) is 0 Å². The highest BCUT2D eigenvalue weighted by molar-refractivity contribution is 7.92. The molecule has 4 nitrogen and oxygen atoms in total. The number of rotatable bonds is 9. The SMILES string of the molecule is CCCCOc1ccc(CCC2CCC(CS(=O)(=O)C(C)(C)C)CC2)cc1O. The second kappa shape index (κ2) is 10.00. The van der Waals surface area contributed by atoms with Crippen molar-refractivity contribution in [2.45, 2.75) is 83.8 Å². The molecule has 0 atom stereocenters. The summed E-state index contributed by atoms with van der Waals surface area (Å²) in [4.78, 5) is 0. The van der Waals surface area contributed by atoms with E-state index in [9.17, 15) is 13.5 Å². The Morgan fingerprint density at radius 2 is 1.75 bits per heavy atom. The molecule has 1 aliphatic carbocycles. The maximum absolute atomic E-state index is 12.4. The lowest BCUT2D eigenvalue weighted by atomic mass is 9.80. The van der Waals surface area contributed by atoms with Crippen LogP contribution < -0.4 is 4.74 Å². The zero-order valence-corrected chi connectivity index (χ0v) is 18.9. The topological polar surface area (TPSA) is 63.6 Å². The number of phenolic OH excluding ortho intramolecular Hbond substituents is 1. The van der Waals surface area contributed by atoms with Gasteiger partial charge in [-0.05, 0) is 82.4 Å². The Balaban J connectivity index is 1.77. The highest BCUT2D eigenvalue weighted by Crippen LogP contribution is 2.35. The minimum Gasteiger partial charge on any atom is -0.504 e. The summed E-state index contributed by atoms with van der Waals surface area (Å²) in [6.45, 7) is 8.14. The van der Waals surface area contributed by atoms with E-state index in [0.29, 0.717) is 29.9 Å². The number of sulfone groups is 1. The van der Waals surface area contributed by atoms with Gasteiger partial charge >= 0.3 is 0 Å². The molecule has 0 aliphatic heterocycles. The average molecular weight is 411 g/mol. The van der Waals surface area contributed by atoms with E-state index < -0.39 is 14.6 Å². The van der Waals surface area contributed by atoms with E-state index in [4.69, 9.17) is 4.74 Å². The van der Waals surface area contributed by atoms with Crippen LogP contribution in [0.5, 0.6) is 11.5 Å². The molecule has 0 unspecified atom stereocenters. The number of aromatic hydroxyl groups is 1. The standard InChI is InChI=1S/C23H38O4S/c1-5-6-15-27-22-14-13-19(16-21(22)24)10-7-18-8-11-20(12-9-18)17-28(25,26)23(2,3)4/h13-14,16,18,20,24H,5-12,15,17H2,1-4H3. The van der Waals surface area contributed by atoms with E-state index in [1.54, 1.807) is 20.8 Å². The quantitative estimate of drug-likeness (QED) is 0.544. The third-order valence-corrected chi connectivity index (χ3v) is 8.75. The number of unbranched alkanes of at least 4 members (excludes halogenated alkanes) is 1. The molecular formula is C23H38O4S. The summed E-state index contributed by atoms with van der Waals surface area (Å²) in [6, 6.07) is 5.74. The van der Waals surface area contributed by atoms with Crippen LogP contribution in [0.3, 0.4) is 0 Å². The van der Waals surface area contributed by atoms with Gasteiger partial charge in [-0.25, -0.2) is 8.42 Å². The van der Waals surface area contributed by atoms with Crippen molar-refractivity contribution in [2.75, 3.05) is 12.4 Å². The van der Waals surface area contributed by atoms with E-state index in [1.807, 2.05) is 18.2 Å². The van der Waals surface area contributed by atoms with Crippen LogP contribution in [0.2, 0.25) is 0 Å². The molecule has 2 rings (SSSR count). The molecule has 0 spiro atoms. The van der Waals surface area contributed by atoms with Gasteiger partial charge in [0.05, 0.1) is 17.1 Å². The van der Waals surface area contributed by atoms with Crippen LogP contribution in [0.4, 0.5) is 0 Å². The van der Waals surface area contributed by atoms with Crippen LogP contribution in [-0.4, -0.2) is 30.6 Å². The molecular weight excluding hydrogens is 372 g/mol. The smallest absolute Gasteiger partial charge is 0.160 e. The van der Waals surface area contributed by atoms with Crippen molar-refractivity contribution in [1.29, 1.82) is 0 Å². The predicted octanol–water partition coefficient (Wildman–Crippen LogP) is 5.52. The van der Waals surface area contributed by atoms with Gasteiger partial charge in [-0.1, -0.05) is 32.3 Å². The molecule has 0 amide bonds. The van der Waals surface area contributed by atoms with E-state index in [-0.39, 0.29) is 5.75 Å². The van der Waals surface area contributed by atoms with Crippen molar-refractivity contribution >= 4 is 9.84 Å². The van der Waals surface area contributed by atoms with Crippen LogP contribution in [0.15, 0.2) is 18.2 Å². The number of aryl methyl sites for hydroxylation is 1. The Bertz CT molecular complexity index is 711. The van der Waals surface area contributed by atoms with E-state index >= 15 is 0 Å². The van der Waals surface area contributed by atoms with Crippen molar-refractivity contribution in [3.05, 3.63) is 23.8 Å². The van der Waals surface area contributed by atoms with E-state index in [1.165, 1.54) is 0 Å². The second-order valence-corrected chi connectivity index (χ2v) is 12.1. The molecule has 1 saturated carbocycles. The van der Waals surface area contributed by atoms with Gasteiger partial charge in [0.25, 0.3) is 0 Å². The molecule has 1 fully saturated rings. The van der Waals surface area contributed by atoms with Gasteiger partial charge in [-0.15, -0.1) is 0 Å². The van der Waals surface area contributed by atoms with Crippen molar-refractivity contribution in [3.8, 4) is 11.5 Å². The number of benzene rings is 1. The molecule has 0 bridgehead atoms. The number of ether oxygens (including phenoxy) is 1. The van der Waals surface area contributed by atoms with Gasteiger partial charge in [-0.3, -0.25) is 0 Å². The van der Waals surface area contributed by atoms with E-state index in [0.717, 1.165) is 56.9 Å². The molecule has 0 heterocycles. The van der Waals surface area contributed by atoms with Crippen molar-refractivity contribution in [3.63, 3.8) is 0 Å². The van der Waals surface area contributed by atoms with Crippen LogP contribution in [-0.2, 0) is 16.3 Å². The Morgan fingerprint density at radius 1 is 1.11 bits per heavy atom. The zero-order valence-electron chi connectivity index (χ0n) is 18.0. The fourth-order valence-corrected chi connectivity index (χ4v) is 5.24. The second-order valence-electron chi connectivity index (χ2n) is 9.32. The first-order chi connectivity index (χ1) is 13.1. The summed E-state index contributed by atoms with van der Waals surface area (Å²) < 4.78 is 29.8. The molecule has 1 aliphatic rings. The fourth-order valence-electron chi connectivity index (χ4n) is 3.78. The van der Waals surface area contributed by atoms with Crippen LogP contribution >= 0.6 is 0 Å². The molecule has 1 aromatic carbocycles. The lowest BCUT2D eigenvalue weighted by molar-refractivity contribution is 0.277. The highest BCUT2D eigenvalue weighted by atomic mass is 32.2. The van der Waals surface area contributed by atoms with Gasteiger partial charge in [0.15, 0.2) is 21.3 Å².